The molecule has 94 valence electrons. The fraction of sp³-hybridized carbons (Fsp3) is 1.00. The molecule has 0 unspecified atom stereocenters. The molecule has 0 aromatic heterocycles. The molecule has 1 N–H and O–H groups in total. The zero-order valence-electron chi connectivity index (χ0n) is 10.9. The van der Waals surface area contributed by atoms with Crippen molar-refractivity contribution in [3.63, 3.8) is 0 Å². The van der Waals surface area contributed by atoms with Gasteiger partial charge in [-0.25, -0.2) is 0 Å². The SMILES string of the molecule is COCCC1(CNC2CCC(C)CC2)CC1. The first-order valence-electron chi connectivity index (χ1n) is 6.96. The highest BCUT2D eigenvalue weighted by atomic mass is 16.5. The Morgan fingerprint density at radius 3 is 2.44 bits per heavy atom. The molecule has 0 aliphatic heterocycles. The van der Waals surface area contributed by atoms with Crippen LogP contribution < -0.4 is 5.32 Å². The first-order chi connectivity index (χ1) is 7.74. The van der Waals surface area contributed by atoms with Crippen molar-refractivity contribution in [3.05, 3.63) is 0 Å². The van der Waals surface area contributed by atoms with Gasteiger partial charge in [-0.15, -0.1) is 0 Å². The van der Waals surface area contributed by atoms with E-state index < -0.39 is 0 Å². The summed E-state index contributed by atoms with van der Waals surface area (Å²) < 4.78 is 5.20. The summed E-state index contributed by atoms with van der Waals surface area (Å²) in [6, 6.07) is 0.802. The van der Waals surface area contributed by atoms with E-state index in [4.69, 9.17) is 4.74 Å². The Labute approximate surface area is 100 Å². The quantitative estimate of drug-likeness (QED) is 0.750. The zero-order valence-corrected chi connectivity index (χ0v) is 10.9. The Morgan fingerprint density at radius 1 is 1.19 bits per heavy atom. The lowest BCUT2D eigenvalue weighted by atomic mass is 9.87. The van der Waals surface area contributed by atoms with Gasteiger partial charge in [0.2, 0.25) is 0 Å². The lowest BCUT2D eigenvalue weighted by Crippen LogP contribution is -2.37. The van der Waals surface area contributed by atoms with Gasteiger partial charge >= 0.3 is 0 Å². The van der Waals surface area contributed by atoms with Crippen molar-refractivity contribution in [2.45, 2.75) is 57.9 Å². The Morgan fingerprint density at radius 2 is 1.88 bits per heavy atom. The molecule has 0 atom stereocenters. The molecule has 0 spiro atoms. The molecular weight excluding hydrogens is 198 g/mol. The fourth-order valence-electron chi connectivity index (χ4n) is 2.84. The topological polar surface area (TPSA) is 21.3 Å². The summed E-state index contributed by atoms with van der Waals surface area (Å²) in [4.78, 5) is 0. The minimum absolute atomic E-state index is 0.610. The van der Waals surface area contributed by atoms with E-state index in [2.05, 4.69) is 12.2 Å². The average Bonchev–Trinajstić information content (AvgIpc) is 3.07. The number of nitrogens with one attached hydrogen (secondary N) is 1. The van der Waals surface area contributed by atoms with Gasteiger partial charge in [-0.1, -0.05) is 6.92 Å². The van der Waals surface area contributed by atoms with Crippen molar-refractivity contribution >= 4 is 0 Å². The van der Waals surface area contributed by atoms with Gasteiger partial charge in [0.25, 0.3) is 0 Å². The molecule has 2 rings (SSSR count). The average molecular weight is 225 g/mol. The summed E-state index contributed by atoms with van der Waals surface area (Å²) in [5.74, 6) is 0.960. The van der Waals surface area contributed by atoms with Crippen molar-refractivity contribution in [3.8, 4) is 0 Å². The minimum Gasteiger partial charge on any atom is -0.385 e. The van der Waals surface area contributed by atoms with Crippen molar-refractivity contribution in [1.29, 1.82) is 0 Å². The second-order valence-electron chi connectivity index (χ2n) is 6.08. The summed E-state index contributed by atoms with van der Waals surface area (Å²) in [5, 5.41) is 3.80. The van der Waals surface area contributed by atoms with Gasteiger partial charge in [-0.05, 0) is 56.3 Å². The van der Waals surface area contributed by atoms with Crippen LogP contribution in [0.1, 0.15) is 51.9 Å². The first-order valence-corrected chi connectivity index (χ1v) is 6.96. The van der Waals surface area contributed by atoms with Gasteiger partial charge in [0.1, 0.15) is 0 Å². The van der Waals surface area contributed by atoms with E-state index in [1.165, 1.54) is 51.5 Å². The lowest BCUT2D eigenvalue weighted by molar-refractivity contribution is 0.168. The molecule has 16 heavy (non-hydrogen) atoms. The van der Waals surface area contributed by atoms with Gasteiger partial charge in [-0.3, -0.25) is 0 Å². The van der Waals surface area contributed by atoms with Gasteiger partial charge < -0.3 is 10.1 Å². The van der Waals surface area contributed by atoms with Gasteiger partial charge in [0, 0.05) is 26.3 Å². The molecule has 0 amide bonds. The van der Waals surface area contributed by atoms with E-state index in [0.717, 1.165) is 18.6 Å². The predicted octanol–water partition coefficient (Wildman–Crippen LogP) is 2.97. The van der Waals surface area contributed by atoms with E-state index in [-0.39, 0.29) is 0 Å². The Hall–Kier alpha value is -0.0800. The van der Waals surface area contributed by atoms with Crippen LogP contribution in [0.3, 0.4) is 0 Å². The maximum absolute atomic E-state index is 5.20. The second kappa shape index (κ2) is 5.50. The normalized spacial score (nSPS) is 32.6. The van der Waals surface area contributed by atoms with Crippen LogP contribution in [0.15, 0.2) is 0 Å². The maximum atomic E-state index is 5.20. The maximum Gasteiger partial charge on any atom is 0.0468 e. The molecule has 0 heterocycles. The summed E-state index contributed by atoms with van der Waals surface area (Å²) in [5.41, 5.74) is 0.610. The number of methoxy groups -OCH3 is 1. The third-order valence-corrected chi connectivity index (χ3v) is 4.58. The molecule has 2 saturated carbocycles. The number of rotatable bonds is 6. The van der Waals surface area contributed by atoms with E-state index in [9.17, 15) is 0 Å². The van der Waals surface area contributed by atoms with Crippen LogP contribution in [0, 0.1) is 11.3 Å². The second-order valence-corrected chi connectivity index (χ2v) is 6.08. The number of ether oxygens (including phenoxy) is 1. The Bertz CT molecular complexity index is 205. The number of hydrogen-bond donors (Lipinski definition) is 1. The smallest absolute Gasteiger partial charge is 0.0468 e. The van der Waals surface area contributed by atoms with Gasteiger partial charge in [-0.2, -0.15) is 0 Å². The highest BCUT2D eigenvalue weighted by Gasteiger charge is 2.41. The largest absolute Gasteiger partial charge is 0.385 e. The van der Waals surface area contributed by atoms with E-state index in [0.29, 0.717) is 5.41 Å². The van der Waals surface area contributed by atoms with Crippen molar-refractivity contribution in [2.75, 3.05) is 20.3 Å². The van der Waals surface area contributed by atoms with E-state index in [1.54, 1.807) is 0 Å². The highest BCUT2D eigenvalue weighted by molar-refractivity contribution is 4.95. The predicted molar refractivity (Wildman–Crippen MR) is 67.6 cm³/mol. The summed E-state index contributed by atoms with van der Waals surface area (Å²) in [7, 11) is 1.81. The van der Waals surface area contributed by atoms with Crippen LogP contribution in [0.4, 0.5) is 0 Å². The minimum atomic E-state index is 0.610. The Kier molecular flexibility index (Phi) is 4.26. The Balaban J connectivity index is 1.63. The highest BCUT2D eigenvalue weighted by Crippen LogP contribution is 2.48. The van der Waals surface area contributed by atoms with Crippen molar-refractivity contribution < 1.29 is 4.74 Å². The summed E-state index contributed by atoms with van der Waals surface area (Å²) in [6.45, 7) is 4.55. The molecular formula is C14H27NO. The van der Waals surface area contributed by atoms with Crippen LogP contribution >= 0.6 is 0 Å². The van der Waals surface area contributed by atoms with Crippen LogP contribution in [-0.4, -0.2) is 26.3 Å². The van der Waals surface area contributed by atoms with Crippen LogP contribution in [0.2, 0.25) is 0 Å². The molecule has 0 aromatic rings. The van der Waals surface area contributed by atoms with Crippen LogP contribution in [0.25, 0.3) is 0 Å². The third kappa shape index (κ3) is 3.46. The molecule has 0 saturated heterocycles. The van der Waals surface area contributed by atoms with Gasteiger partial charge in [0.05, 0.1) is 0 Å². The molecule has 2 fully saturated rings. The lowest BCUT2D eigenvalue weighted by Gasteiger charge is -2.28. The van der Waals surface area contributed by atoms with Crippen LogP contribution in [-0.2, 0) is 4.74 Å². The number of hydrogen-bond acceptors (Lipinski definition) is 2. The summed E-state index contributed by atoms with van der Waals surface area (Å²) in [6.07, 6.45) is 9.69. The van der Waals surface area contributed by atoms with Crippen molar-refractivity contribution in [2.24, 2.45) is 11.3 Å². The standard InChI is InChI=1S/C14H27NO/c1-12-3-5-13(6-4-12)15-11-14(7-8-14)9-10-16-2/h12-13,15H,3-11H2,1-2H3. The zero-order chi connectivity index (χ0) is 11.4. The van der Waals surface area contributed by atoms with Crippen LogP contribution in [0.5, 0.6) is 0 Å². The first kappa shape index (κ1) is 12.4. The molecule has 2 aliphatic rings. The molecule has 2 nitrogen and oxygen atoms in total. The fourth-order valence-corrected chi connectivity index (χ4v) is 2.84. The van der Waals surface area contributed by atoms with E-state index in [1.807, 2.05) is 7.11 Å². The van der Waals surface area contributed by atoms with E-state index >= 15 is 0 Å². The molecule has 0 aromatic carbocycles. The third-order valence-electron chi connectivity index (χ3n) is 4.58. The molecule has 2 aliphatic carbocycles. The molecule has 2 heteroatoms. The molecule has 0 radical (unpaired) electrons. The molecule has 0 bridgehead atoms. The summed E-state index contributed by atoms with van der Waals surface area (Å²) >= 11 is 0. The van der Waals surface area contributed by atoms with Gasteiger partial charge in [0.15, 0.2) is 0 Å². The van der Waals surface area contributed by atoms with Crippen molar-refractivity contribution in [1.82, 2.24) is 5.32 Å². The monoisotopic (exact) mass is 225 g/mol.